The number of hydrogen-bond acceptors (Lipinski definition) is 2. The third-order valence-corrected chi connectivity index (χ3v) is 3.92. The van der Waals surface area contributed by atoms with Crippen LogP contribution in [0.1, 0.15) is 24.4 Å². The molecule has 0 aliphatic carbocycles. The van der Waals surface area contributed by atoms with E-state index in [0.29, 0.717) is 0 Å². The van der Waals surface area contributed by atoms with Crippen molar-refractivity contribution in [3.63, 3.8) is 0 Å². The van der Waals surface area contributed by atoms with Crippen molar-refractivity contribution < 1.29 is 0 Å². The Hall–Kier alpha value is -2.13. The van der Waals surface area contributed by atoms with Crippen molar-refractivity contribution in [1.82, 2.24) is 14.9 Å². The molecule has 21 heavy (non-hydrogen) atoms. The molecule has 1 heterocycles. The van der Waals surface area contributed by atoms with Gasteiger partial charge in [0.25, 0.3) is 0 Å². The van der Waals surface area contributed by atoms with E-state index in [0.717, 1.165) is 18.8 Å². The zero-order valence-electron chi connectivity index (χ0n) is 12.6. The number of rotatable bonds is 5. The number of nitrogens with one attached hydrogen (secondary N) is 1. The molecule has 3 heteroatoms. The number of hydrogen-bond donors (Lipinski definition) is 1. The summed E-state index contributed by atoms with van der Waals surface area (Å²) in [7, 11) is 2.05. The van der Waals surface area contributed by atoms with Crippen LogP contribution in [0.15, 0.2) is 54.9 Å². The molecule has 2 aromatic carbocycles. The van der Waals surface area contributed by atoms with E-state index in [2.05, 4.69) is 71.3 Å². The lowest BCUT2D eigenvalue weighted by Gasteiger charge is -2.19. The molecule has 3 rings (SSSR count). The highest BCUT2D eigenvalue weighted by atomic mass is 15.1. The van der Waals surface area contributed by atoms with Gasteiger partial charge in [-0.2, -0.15) is 0 Å². The van der Waals surface area contributed by atoms with E-state index >= 15 is 0 Å². The van der Waals surface area contributed by atoms with E-state index in [1.807, 2.05) is 12.4 Å². The molecule has 0 radical (unpaired) electrons. The summed E-state index contributed by atoms with van der Waals surface area (Å²) in [6.07, 6.45) is 4.81. The molecule has 3 aromatic rings. The van der Waals surface area contributed by atoms with Gasteiger partial charge in [0, 0.05) is 19.4 Å². The lowest BCUT2D eigenvalue weighted by molar-refractivity contribution is 0.508. The Morgan fingerprint density at radius 2 is 1.95 bits per heavy atom. The summed E-state index contributed by atoms with van der Waals surface area (Å²) in [5.41, 5.74) is 1.36. The molecule has 1 N–H and O–H groups in total. The van der Waals surface area contributed by atoms with Crippen LogP contribution in [0.2, 0.25) is 0 Å². The Labute approximate surface area is 125 Å². The first kappa shape index (κ1) is 13.8. The monoisotopic (exact) mass is 279 g/mol. The van der Waals surface area contributed by atoms with E-state index in [9.17, 15) is 0 Å². The topological polar surface area (TPSA) is 29.9 Å². The quantitative estimate of drug-likeness (QED) is 0.775. The minimum absolute atomic E-state index is 0.237. The van der Waals surface area contributed by atoms with Gasteiger partial charge in [-0.3, -0.25) is 0 Å². The van der Waals surface area contributed by atoms with Crippen LogP contribution in [-0.4, -0.2) is 16.1 Å². The van der Waals surface area contributed by atoms with Crippen molar-refractivity contribution in [1.29, 1.82) is 0 Å². The van der Waals surface area contributed by atoms with Gasteiger partial charge in [-0.25, -0.2) is 4.98 Å². The fraction of sp³-hybridized carbons (Fsp3) is 0.278. The van der Waals surface area contributed by atoms with E-state index < -0.39 is 0 Å². The summed E-state index contributed by atoms with van der Waals surface area (Å²) >= 11 is 0. The average Bonchev–Trinajstić information content (AvgIpc) is 2.93. The highest BCUT2D eigenvalue weighted by Gasteiger charge is 2.16. The SMILES string of the molecule is CCNC(Cc1cccc2ccccc12)c1nccn1C. The summed E-state index contributed by atoms with van der Waals surface area (Å²) in [4.78, 5) is 4.51. The van der Waals surface area contributed by atoms with E-state index in [1.54, 1.807) is 0 Å². The van der Waals surface area contributed by atoms with Crippen LogP contribution in [0.25, 0.3) is 10.8 Å². The zero-order chi connectivity index (χ0) is 14.7. The summed E-state index contributed by atoms with van der Waals surface area (Å²) < 4.78 is 2.10. The van der Waals surface area contributed by atoms with Gasteiger partial charge >= 0.3 is 0 Å². The van der Waals surface area contributed by atoms with Crippen LogP contribution >= 0.6 is 0 Å². The molecule has 1 unspecified atom stereocenters. The second-order valence-corrected chi connectivity index (χ2v) is 5.35. The Morgan fingerprint density at radius 1 is 1.14 bits per heavy atom. The van der Waals surface area contributed by atoms with Gasteiger partial charge in [-0.05, 0) is 29.3 Å². The standard InChI is InChI=1S/C18H21N3/c1-3-19-17(18-20-11-12-21(18)2)13-15-9-6-8-14-7-4-5-10-16(14)15/h4-12,17,19H,3,13H2,1-2H3. The van der Waals surface area contributed by atoms with Crippen LogP contribution in [0, 0.1) is 0 Å². The van der Waals surface area contributed by atoms with Gasteiger partial charge < -0.3 is 9.88 Å². The van der Waals surface area contributed by atoms with Crippen molar-refractivity contribution in [3.05, 3.63) is 66.2 Å². The van der Waals surface area contributed by atoms with Crippen molar-refractivity contribution in [2.24, 2.45) is 7.05 Å². The fourth-order valence-electron chi connectivity index (χ4n) is 2.90. The molecule has 3 nitrogen and oxygen atoms in total. The van der Waals surface area contributed by atoms with Gasteiger partial charge in [0.1, 0.15) is 5.82 Å². The first-order chi connectivity index (χ1) is 10.3. The van der Waals surface area contributed by atoms with Gasteiger partial charge in [0.05, 0.1) is 6.04 Å². The maximum atomic E-state index is 4.51. The highest BCUT2D eigenvalue weighted by molar-refractivity contribution is 5.85. The second-order valence-electron chi connectivity index (χ2n) is 5.35. The molecule has 0 spiro atoms. The van der Waals surface area contributed by atoms with Gasteiger partial charge in [-0.1, -0.05) is 49.4 Å². The number of likely N-dealkylation sites (N-methyl/N-ethyl adjacent to an activating group) is 1. The lowest BCUT2D eigenvalue weighted by atomic mass is 9.98. The first-order valence-electron chi connectivity index (χ1n) is 7.47. The Morgan fingerprint density at radius 3 is 2.71 bits per heavy atom. The highest BCUT2D eigenvalue weighted by Crippen LogP contribution is 2.23. The van der Waals surface area contributed by atoms with Crippen molar-refractivity contribution in [2.75, 3.05) is 6.54 Å². The molecular weight excluding hydrogens is 258 g/mol. The molecule has 1 aromatic heterocycles. The van der Waals surface area contributed by atoms with E-state index in [-0.39, 0.29) is 6.04 Å². The number of aryl methyl sites for hydroxylation is 1. The zero-order valence-corrected chi connectivity index (χ0v) is 12.6. The summed E-state index contributed by atoms with van der Waals surface area (Å²) in [6.45, 7) is 3.07. The predicted octanol–water partition coefficient (Wildman–Crippen LogP) is 3.47. The van der Waals surface area contributed by atoms with Gasteiger partial charge in [0.15, 0.2) is 0 Å². The molecule has 0 fully saturated rings. The summed E-state index contributed by atoms with van der Waals surface area (Å²) in [6, 6.07) is 15.3. The third-order valence-electron chi connectivity index (χ3n) is 3.92. The maximum absolute atomic E-state index is 4.51. The largest absolute Gasteiger partial charge is 0.337 e. The molecular formula is C18H21N3. The molecule has 0 aliphatic heterocycles. The summed E-state index contributed by atoms with van der Waals surface area (Å²) in [5, 5.41) is 6.18. The van der Waals surface area contributed by atoms with E-state index in [4.69, 9.17) is 0 Å². The molecule has 0 saturated heterocycles. The molecule has 108 valence electrons. The van der Waals surface area contributed by atoms with Crippen molar-refractivity contribution >= 4 is 10.8 Å². The maximum Gasteiger partial charge on any atom is 0.125 e. The van der Waals surface area contributed by atoms with Gasteiger partial charge in [-0.15, -0.1) is 0 Å². The van der Waals surface area contributed by atoms with Crippen molar-refractivity contribution in [3.8, 4) is 0 Å². The van der Waals surface area contributed by atoms with Gasteiger partial charge in [0.2, 0.25) is 0 Å². The number of fused-ring (bicyclic) bond motifs is 1. The Bertz CT molecular complexity index is 725. The molecule has 0 saturated carbocycles. The molecule has 0 aliphatic rings. The molecule has 0 amide bonds. The number of benzene rings is 2. The molecule has 1 atom stereocenters. The first-order valence-corrected chi connectivity index (χ1v) is 7.47. The van der Waals surface area contributed by atoms with Crippen LogP contribution in [0.4, 0.5) is 0 Å². The Kier molecular flexibility index (Phi) is 4.02. The van der Waals surface area contributed by atoms with Crippen molar-refractivity contribution in [2.45, 2.75) is 19.4 Å². The lowest BCUT2D eigenvalue weighted by Crippen LogP contribution is -2.25. The van der Waals surface area contributed by atoms with E-state index in [1.165, 1.54) is 16.3 Å². The van der Waals surface area contributed by atoms with Crippen LogP contribution in [0.3, 0.4) is 0 Å². The van der Waals surface area contributed by atoms with Crippen LogP contribution in [0.5, 0.6) is 0 Å². The van der Waals surface area contributed by atoms with Crippen LogP contribution < -0.4 is 5.32 Å². The third kappa shape index (κ3) is 2.83. The minimum atomic E-state index is 0.237. The molecule has 0 bridgehead atoms. The smallest absolute Gasteiger partial charge is 0.125 e. The number of nitrogens with zero attached hydrogens (tertiary/aromatic N) is 2. The fourth-order valence-corrected chi connectivity index (χ4v) is 2.90. The second kappa shape index (κ2) is 6.10. The average molecular weight is 279 g/mol. The number of imidazole rings is 1. The predicted molar refractivity (Wildman–Crippen MR) is 87.3 cm³/mol. The number of aromatic nitrogens is 2. The summed E-state index contributed by atoms with van der Waals surface area (Å²) in [5.74, 6) is 1.09. The minimum Gasteiger partial charge on any atom is -0.337 e. The Balaban J connectivity index is 1.97. The normalized spacial score (nSPS) is 12.7. The van der Waals surface area contributed by atoms with Crippen LogP contribution in [-0.2, 0) is 13.5 Å².